The number of aryl methyl sites for hydroxylation is 1. The molecule has 1 N–H and O–H groups in total. The lowest BCUT2D eigenvalue weighted by molar-refractivity contribution is 0.264. The quantitative estimate of drug-likeness (QED) is 0.322. The second-order valence-electron chi connectivity index (χ2n) is 6.54. The first-order valence-electron chi connectivity index (χ1n) is 9.29. The third-order valence-electron chi connectivity index (χ3n) is 4.37. The largest absolute Gasteiger partial charge is 0.490 e. The number of rotatable bonds is 8. The summed E-state index contributed by atoms with van der Waals surface area (Å²) < 4.78 is 26.5. The van der Waals surface area contributed by atoms with Crippen LogP contribution >= 0.6 is 34.2 Å². The number of ether oxygens (including phenoxy) is 2. The van der Waals surface area contributed by atoms with Crippen molar-refractivity contribution in [1.82, 2.24) is 0 Å². The molecule has 152 valence electrons. The Morgan fingerprint density at radius 1 is 1.07 bits per heavy atom. The van der Waals surface area contributed by atoms with Crippen LogP contribution in [0, 0.1) is 16.3 Å². The summed E-state index contributed by atoms with van der Waals surface area (Å²) in [7, 11) is 0. The summed E-state index contributed by atoms with van der Waals surface area (Å²) in [5.74, 6) is 0.991. The van der Waals surface area contributed by atoms with E-state index in [1.807, 2.05) is 44.2 Å². The Labute approximate surface area is 189 Å². The highest BCUT2D eigenvalue weighted by molar-refractivity contribution is 14.1. The van der Waals surface area contributed by atoms with Crippen LogP contribution in [0.3, 0.4) is 0 Å². The number of nitrogens with one attached hydrogen (secondary N) is 1. The maximum atomic E-state index is 13.9. The number of anilines is 1. The predicted molar refractivity (Wildman–Crippen MR) is 125 cm³/mol. The lowest BCUT2D eigenvalue weighted by Crippen LogP contribution is -2.05. The van der Waals surface area contributed by atoms with E-state index in [0.29, 0.717) is 30.2 Å². The highest BCUT2D eigenvalue weighted by Crippen LogP contribution is 2.35. The molecule has 0 unspecified atom stereocenters. The molecular weight excluding hydrogens is 504 g/mol. The topological polar surface area (TPSA) is 30.5 Å². The fraction of sp³-hybridized carbons (Fsp3) is 0.217. The monoisotopic (exact) mass is 525 g/mol. The Bertz CT molecular complexity index is 997. The maximum Gasteiger partial charge on any atom is 0.174 e. The minimum Gasteiger partial charge on any atom is -0.490 e. The van der Waals surface area contributed by atoms with E-state index >= 15 is 0 Å². The molecule has 0 spiro atoms. The van der Waals surface area contributed by atoms with E-state index in [0.717, 1.165) is 25.4 Å². The molecule has 3 aromatic carbocycles. The third kappa shape index (κ3) is 5.76. The highest BCUT2D eigenvalue weighted by Gasteiger charge is 2.14. The summed E-state index contributed by atoms with van der Waals surface area (Å²) in [5, 5.41) is 4.11. The molecule has 0 bridgehead atoms. The van der Waals surface area contributed by atoms with Crippen molar-refractivity contribution in [3.05, 3.63) is 85.7 Å². The minimum atomic E-state index is -0.280. The first-order chi connectivity index (χ1) is 14.0. The molecular formula is C23H22ClFINO2. The number of benzene rings is 3. The molecule has 0 aliphatic carbocycles. The Morgan fingerprint density at radius 3 is 2.59 bits per heavy atom. The Morgan fingerprint density at radius 2 is 1.86 bits per heavy atom. The lowest BCUT2D eigenvalue weighted by Gasteiger charge is -2.16. The molecule has 0 saturated heterocycles. The van der Waals surface area contributed by atoms with Crippen LogP contribution in [0.25, 0.3) is 0 Å². The van der Waals surface area contributed by atoms with Gasteiger partial charge in [0.2, 0.25) is 0 Å². The van der Waals surface area contributed by atoms with E-state index in [2.05, 4.69) is 27.9 Å². The van der Waals surface area contributed by atoms with Crippen LogP contribution in [0.4, 0.5) is 10.1 Å². The smallest absolute Gasteiger partial charge is 0.174 e. The van der Waals surface area contributed by atoms with Crippen molar-refractivity contribution in [2.24, 2.45) is 0 Å². The molecule has 0 radical (unpaired) electrons. The Kier molecular flexibility index (Phi) is 7.61. The van der Waals surface area contributed by atoms with Crippen LogP contribution in [0.15, 0.2) is 54.6 Å². The zero-order chi connectivity index (χ0) is 20.8. The molecule has 0 aromatic heterocycles. The molecule has 3 aromatic rings. The van der Waals surface area contributed by atoms with Crippen LogP contribution in [0.5, 0.6) is 11.5 Å². The van der Waals surface area contributed by atoms with Gasteiger partial charge < -0.3 is 14.8 Å². The van der Waals surface area contributed by atoms with Crippen molar-refractivity contribution < 1.29 is 13.9 Å². The maximum absolute atomic E-state index is 13.9. The van der Waals surface area contributed by atoms with Gasteiger partial charge in [0.05, 0.1) is 10.2 Å². The van der Waals surface area contributed by atoms with Crippen LogP contribution < -0.4 is 14.8 Å². The second-order valence-corrected chi connectivity index (χ2v) is 8.10. The minimum absolute atomic E-state index is 0.141. The SMILES string of the molecule is CCOc1cc(CNc2ccc(C)c(Cl)c2)cc(I)c1OCc1ccccc1F. The lowest BCUT2D eigenvalue weighted by atomic mass is 10.1. The molecule has 0 fully saturated rings. The van der Waals surface area contributed by atoms with Gasteiger partial charge in [0, 0.05) is 22.8 Å². The zero-order valence-electron chi connectivity index (χ0n) is 16.3. The van der Waals surface area contributed by atoms with Crippen molar-refractivity contribution in [3.63, 3.8) is 0 Å². The van der Waals surface area contributed by atoms with Gasteiger partial charge >= 0.3 is 0 Å². The summed E-state index contributed by atoms with van der Waals surface area (Å²) in [4.78, 5) is 0. The average Bonchev–Trinajstić information content (AvgIpc) is 2.70. The van der Waals surface area contributed by atoms with Crippen LogP contribution in [0.1, 0.15) is 23.6 Å². The molecule has 0 atom stereocenters. The summed E-state index contributed by atoms with van der Waals surface area (Å²) in [6.45, 7) is 5.16. The van der Waals surface area contributed by atoms with Crippen molar-refractivity contribution in [3.8, 4) is 11.5 Å². The van der Waals surface area contributed by atoms with Crippen molar-refractivity contribution >= 4 is 39.9 Å². The van der Waals surface area contributed by atoms with E-state index < -0.39 is 0 Å². The molecule has 0 amide bonds. The first-order valence-corrected chi connectivity index (χ1v) is 10.7. The Balaban J connectivity index is 1.76. The number of hydrogen-bond donors (Lipinski definition) is 1. The summed E-state index contributed by atoms with van der Waals surface area (Å²) >= 11 is 8.42. The van der Waals surface area contributed by atoms with E-state index in [4.69, 9.17) is 21.1 Å². The molecule has 6 heteroatoms. The highest BCUT2D eigenvalue weighted by atomic mass is 127. The number of halogens is 3. The molecule has 0 aliphatic rings. The van der Waals surface area contributed by atoms with Gasteiger partial charge in [-0.1, -0.05) is 35.9 Å². The normalized spacial score (nSPS) is 10.7. The number of hydrogen-bond acceptors (Lipinski definition) is 3. The molecule has 0 heterocycles. The van der Waals surface area contributed by atoms with Crippen molar-refractivity contribution in [2.75, 3.05) is 11.9 Å². The summed E-state index contributed by atoms with van der Waals surface area (Å²) in [6.07, 6.45) is 0. The van der Waals surface area contributed by atoms with Gasteiger partial charge in [0.1, 0.15) is 12.4 Å². The van der Waals surface area contributed by atoms with E-state index in [9.17, 15) is 4.39 Å². The summed E-state index contributed by atoms with van der Waals surface area (Å²) in [5.41, 5.74) is 3.55. The van der Waals surface area contributed by atoms with E-state index in [1.54, 1.807) is 18.2 Å². The van der Waals surface area contributed by atoms with Gasteiger partial charge in [-0.05, 0) is 77.9 Å². The first kappa shape index (κ1) is 21.7. The van der Waals surface area contributed by atoms with Gasteiger partial charge in [-0.15, -0.1) is 0 Å². The fourth-order valence-electron chi connectivity index (χ4n) is 2.80. The standard InChI is InChI=1S/C23H22ClFINO2/c1-3-28-22-11-16(13-27-18-9-8-15(2)19(24)12-18)10-21(26)23(22)29-14-17-6-4-5-7-20(17)25/h4-12,27H,3,13-14H2,1-2H3. The fourth-order valence-corrected chi connectivity index (χ4v) is 3.80. The van der Waals surface area contributed by atoms with Crippen molar-refractivity contribution in [2.45, 2.75) is 27.0 Å². The van der Waals surface area contributed by atoms with Gasteiger partial charge in [-0.2, -0.15) is 0 Å². The molecule has 0 saturated carbocycles. The predicted octanol–water partition coefficient (Wildman–Crippen LogP) is 6.98. The van der Waals surface area contributed by atoms with Crippen molar-refractivity contribution in [1.29, 1.82) is 0 Å². The molecule has 3 nitrogen and oxygen atoms in total. The average molecular weight is 526 g/mol. The van der Waals surface area contributed by atoms with Gasteiger partial charge in [0.15, 0.2) is 11.5 Å². The van der Waals surface area contributed by atoms with Gasteiger partial charge in [-0.3, -0.25) is 0 Å². The molecule has 0 aliphatic heterocycles. The van der Waals surface area contributed by atoms with Crippen LogP contribution in [0.2, 0.25) is 5.02 Å². The van der Waals surface area contributed by atoms with Gasteiger partial charge in [-0.25, -0.2) is 4.39 Å². The van der Waals surface area contributed by atoms with Gasteiger partial charge in [0.25, 0.3) is 0 Å². The molecule has 29 heavy (non-hydrogen) atoms. The molecule has 3 rings (SSSR count). The van der Waals surface area contributed by atoms with Crippen LogP contribution in [-0.4, -0.2) is 6.61 Å². The Hall–Kier alpha value is -1.99. The van der Waals surface area contributed by atoms with E-state index in [-0.39, 0.29) is 12.4 Å². The second kappa shape index (κ2) is 10.2. The third-order valence-corrected chi connectivity index (χ3v) is 5.58. The van der Waals surface area contributed by atoms with Crippen LogP contribution in [-0.2, 0) is 13.2 Å². The summed E-state index contributed by atoms with van der Waals surface area (Å²) in [6, 6.07) is 16.5. The van der Waals surface area contributed by atoms with E-state index in [1.165, 1.54) is 6.07 Å². The zero-order valence-corrected chi connectivity index (χ0v) is 19.2.